The first-order chi connectivity index (χ1) is 10.3. The molecule has 0 unspecified atom stereocenters. The summed E-state index contributed by atoms with van der Waals surface area (Å²) >= 11 is 3.38. The summed E-state index contributed by atoms with van der Waals surface area (Å²) in [6.07, 6.45) is 1.77. The number of fused-ring (bicyclic) bond motifs is 2. The molecule has 2 heterocycles. The molecule has 0 aliphatic heterocycles. The van der Waals surface area contributed by atoms with E-state index in [4.69, 9.17) is 0 Å². The molecule has 4 aromatic rings. The molecule has 0 fully saturated rings. The van der Waals surface area contributed by atoms with Crippen molar-refractivity contribution in [1.82, 2.24) is 15.0 Å². The largest absolute Gasteiger partial charge is 0.252 e. The Kier molecular flexibility index (Phi) is 2.89. The summed E-state index contributed by atoms with van der Waals surface area (Å²) in [6, 6.07) is 18.4. The van der Waals surface area contributed by atoms with Crippen molar-refractivity contribution in [2.24, 2.45) is 0 Å². The van der Waals surface area contributed by atoms with E-state index >= 15 is 0 Å². The van der Waals surface area contributed by atoms with Gasteiger partial charge in [0.2, 0.25) is 0 Å². The predicted molar refractivity (Wildman–Crippen MR) is 88.0 cm³/mol. The van der Waals surface area contributed by atoms with E-state index in [9.17, 15) is 0 Å². The lowest BCUT2D eigenvalue weighted by Gasteiger charge is -2.07. The van der Waals surface area contributed by atoms with E-state index in [1.165, 1.54) is 10.8 Å². The van der Waals surface area contributed by atoms with Crippen LogP contribution in [0.3, 0.4) is 0 Å². The molecule has 0 radical (unpaired) electrons. The Morgan fingerprint density at radius 2 is 1.67 bits per heavy atom. The smallest absolute Gasteiger partial charge is 0.197 e. The highest BCUT2D eigenvalue weighted by atomic mass is 79.9. The summed E-state index contributed by atoms with van der Waals surface area (Å²) < 4.78 is 0.575. The van der Waals surface area contributed by atoms with Gasteiger partial charge < -0.3 is 0 Å². The fourth-order valence-electron chi connectivity index (χ4n) is 2.48. The van der Waals surface area contributed by atoms with Gasteiger partial charge in [-0.05, 0) is 44.9 Å². The van der Waals surface area contributed by atoms with Crippen LogP contribution < -0.4 is 0 Å². The van der Waals surface area contributed by atoms with Crippen LogP contribution in [0.4, 0.5) is 0 Å². The minimum atomic E-state index is 0.575. The number of benzene rings is 2. The molecule has 100 valence electrons. The van der Waals surface area contributed by atoms with Crippen molar-refractivity contribution in [2.45, 2.75) is 0 Å². The van der Waals surface area contributed by atoms with Gasteiger partial charge in [0.05, 0.1) is 5.52 Å². The molecule has 0 atom stereocenters. The minimum absolute atomic E-state index is 0.575. The quantitative estimate of drug-likeness (QED) is 0.477. The SMILES string of the molecule is Brc1nc(-c2ccc3ccccc3c2)c2ncccc2n1. The Balaban J connectivity index is 2.03. The van der Waals surface area contributed by atoms with Crippen LogP contribution in [0.1, 0.15) is 0 Å². The van der Waals surface area contributed by atoms with Gasteiger partial charge >= 0.3 is 0 Å². The third-order valence-corrected chi connectivity index (χ3v) is 3.81. The van der Waals surface area contributed by atoms with Gasteiger partial charge in [0.1, 0.15) is 11.2 Å². The van der Waals surface area contributed by atoms with Crippen molar-refractivity contribution >= 4 is 37.7 Å². The summed E-state index contributed by atoms with van der Waals surface area (Å²) in [5.41, 5.74) is 3.54. The summed E-state index contributed by atoms with van der Waals surface area (Å²) in [5.74, 6) is 0. The molecule has 0 saturated heterocycles. The fraction of sp³-hybridized carbons (Fsp3) is 0. The van der Waals surface area contributed by atoms with Crippen LogP contribution in [0.15, 0.2) is 65.5 Å². The van der Waals surface area contributed by atoms with Crippen LogP contribution in [0.5, 0.6) is 0 Å². The highest BCUT2D eigenvalue weighted by Gasteiger charge is 2.10. The van der Waals surface area contributed by atoms with E-state index in [-0.39, 0.29) is 0 Å². The molecule has 2 aromatic carbocycles. The maximum Gasteiger partial charge on any atom is 0.197 e. The summed E-state index contributed by atoms with van der Waals surface area (Å²) in [7, 11) is 0. The molecule has 0 N–H and O–H groups in total. The van der Waals surface area contributed by atoms with E-state index in [1.807, 2.05) is 24.3 Å². The molecule has 0 amide bonds. The third kappa shape index (κ3) is 2.17. The Bertz CT molecular complexity index is 966. The molecular formula is C17H10BrN3. The second-order valence-corrected chi connectivity index (χ2v) is 5.48. The van der Waals surface area contributed by atoms with Gasteiger partial charge in [-0.25, -0.2) is 9.97 Å². The summed E-state index contributed by atoms with van der Waals surface area (Å²) in [6.45, 7) is 0. The molecule has 0 saturated carbocycles. The lowest BCUT2D eigenvalue weighted by molar-refractivity contribution is 1.15. The Morgan fingerprint density at radius 1 is 0.810 bits per heavy atom. The van der Waals surface area contributed by atoms with Crippen LogP contribution >= 0.6 is 15.9 Å². The molecule has 0 aliphatic carbocycles. The monoisotopic (exact) mass is 335 g/mol. The van der Waals surface area contributed by atoms with E-state index in [0.717, 1.165) is 22.3 Å². The zero-order chi connectivity index (χ0) is 14.2. The highest BCUT2D eigenvalue weighted by molar-refractivity contribution is 9.10. The predicted octanol–water partition coefficient (Wildman–Crippen LogP) is 4.61. The number of pyridine rings is 1. The molecule has 4 rings (SSSR count). The van der Waals surface area contributed by atoms with Gasteiger partial charge in [-0.3, -0.25) is 4.98 Å². The maximum atomic E-state index is 4.52. The van der Waals surface area contributed by atoms with Gasteiger partial charge in [0, 0.05) is 11.8 Å². The van der Waals surface area contributed by atoms with Crippen LogP contribution in [0.25, 0.3) is 33.1 Å². The van der Waals surface area contributed by atoms with Gasteiger partial charge in [0.15, 0.2) is 4.73 Å². The minimum Gasteiger partial charge on any atom is -0.252 e. The van der Waals surface area contributed by atoms with E-state index in [2.05, 4.69) is 61.2 Å². The first kappa shape index (κ1) is 12.4. The van der Waals surface area contributed by atoms with Gasteiger partial charge in [-0.2, -0.15) is 0 Å². The molecule has 3 nitrogen and oxygen atoms in total. The number of halogens is 1. The van der Waals surface area contributed by atoms with Crippen LogP contribution in [0, 0.1) is 0 Å². The zero-order valence-electron chi connectivity index (χ0n) is 11.0. The van der Waals surface area contributed by atoms with Crippen LogP contribution in [-0.4, -0.2) is 15.0 Å². The second kappa shape index (κ2) is 4.90. The van der Waals surface area contributed by atoms with Crippen molar-refractivity contribution in [3.05, 3.63) is 65.5 Å². The molecule has 4 heteroatoms. The van der Waals surface area contributed by atoms with Gasteiger partial charge in [-0.1, -0.05) is 36.4 Å². The first-order valence-corrected chi connectivity index (χ1v) is 7.38. The standard InChI is InChI=1S/C17H10BrN3/c18-17-20-14-6-3-9-19-16(14)15(21-17)13-8-7-11-4-1-2-5-12(11)10-13/h1-10H. The van der Waals surface area contributed by atoms with Crippen LogP contribution in [-0.2, 0) is 0 Å². The average Bonchev–Trinajstić information content (AvgIpc) is 2.53. The van der Waals surface area contributed by atoms with Gasteiger partial charge in [-0.15, -0.1) is 0 Å². The Morgan fingerprint density at radius 3 is 2.57 bits per heavy atom. The van der Waals surface area contributed by atoms with E-state index in [0.29, 0.717) is 4.73 Å². The molecule has 0 spiro atoms. The number of aromatic nitrogens is 3. The number of rotatable bonds is 1. The lowest BCUT2D eigenvalue weighted by Crippen LogP contribution is -1.93. The van der Waals surface area contributed by atoms with E-state index in [1.54, 1.807) is 6.20 Å². The number of hydrogen-bond acceptors (Lipinski definition) is 3. The topological polar surface area (TPSA) is 38.7 Å². The molecule has 0 bridgehead atoms. The van der Waals surface area contributed by atoms with Gasteiger partial charge in [0.25, 0.3) is 0 Å². The Labute approximate surface area is 129 Å². The third-order valence-electron chi connectivity index (χ3n) is 3.45. The highest BCUT2D eigenvalue weighted by Crippen LogP contribution is 2.28. The van der Waals surface area contributed by atoms with Crippen molar-refractivity contribution in [1.29, 1.82) is 0 Å². The number of hydrogen-bond donors (Lipinski definition) is 0. The van der Waals surface area contributed by atoms with Crippen molar-refractivity contribution < 1.29 is 0 Å². The molecule has 0 aliphatic rings. The van der Waals surface area contributed by atoms with Crippen molar-refractivity contribution in [3.8, 4) is 11.3 Å². The second-order valence-electron chi connectivity index (χ2n) is 4.77. The summed E-state index contributed by atoms with van der Waals surface area (Å²) in [5, 5.41) is 2.40. The molecule has 21 heavy (non-hydrogen) atoms. The molecular weight excluding hydrogens is 326 g/mol. The van der Waals surface area contributed by atoms with E-state index < -0.39 is 0 Å². The van der Waals surface area contributed by atoms with Crippen molar-refractivity contribution in [2.75, 3.05) is 0 Å². The van der Waals surface area contributed by atoms with Crippen molar-refractivity contribution in [3.63, 3.8) is 0 Å². The normalized spacial score (nSPS) is 11.1. The average molecular weight is 336 g/mol. The zero-order valence-corrected chi connectivity index (χ0v) is 12.6. The lowest BCUT2D eigenvalue weighted by atomic mass is 10.0. The fourth-order valence-corrected chi connectivity index (χ4v) is 2.85. The summed E-state index contributed by atoms with van der Waals surface area (Å²) in [4.78, 5) is 13.3. The molecule has 2 aromatic heterocycles. The first-order valence-electron chi connectivity index (χ1n) is 6.59. The van der Waals surface area contributed by atoms with Crippen LogP contribution in [0.2, 0.25) is 0 Å². The Hall–Kier alpha value is -2.33. The maximum absolute atomic E-state index is 4.52. The number of nitrogens with zero attached hydrogens (tertiary/aromatic N) is 3.